The van der Waals surface area contributed by atoms with Gasteiger partial charge in [-0.05, 0) is 24.6 Å². The Kier molecular flexibility index (Phi) is 3.53. The van der Waals surface area contributed by atoms with Gasteiger partial charge in [-0.1, -0.05) is 35.9 Å². The molecule has 0 saturated heterocycles. The minimum absolute atomic E-state index is 0.0478. The van der Waals surface area contributed by atoms with Crippen LogP contribution in [0.2, 0.25) is 0 Å². The van der Waals surface area contributed by atoms with Gasteiger partial charge in [0.25, 0.3) is 10.0 Å². The normalized spacial score (nSPS) is 11.8. The van der Waals surface area contributed by atoms with Crippen LogP contribution < -0.4 is 0 Å². The van der Waals surface area contributed by atoms with Crippen LogP contribution in [0.1, 0.15) is 11.1 Å². The first kappa shape index (κ1) is 12.4. The molecule has 2 rings (SSSR count). The van der Waals surface area contributed by atoms with Gasteiger partial charge in [0.1, 0.15) is 0 Å². The lowest BCUT2D eigenvalue weighted by molar-refractivity contribution is 0.594. The molecule has 0 radical (unpaired) electrons. The Morgan fingerprint density at radius 1 is 1.11 bits per heavy atom. The van der Waals surface area contributed by atoms with E-state index in [0.717, 1.165) is 11.1 Å². The number of rotatable bonds is 3. The van der Waals surface area contributed by atoms with E-state index in [2.05, 4.69) is 9.38 Å². The number of benzene rings is 1. The van der Waals surface area contributed by atoms with Crippen LogP contribution in [0.25, 0.3) is 0 Å². The van der Waals surface area contributed by atoms with Crippen molar-refractivity contribution < 1.29 is 8.42 Å². The predicted molar refractivity (Wildman–Crippen MR) is 70.2 cm³/mol. The molecule has 0 spiro atoms. The molecule has 1 aromatic carbocycles. The highest BCUT2D eigenvalue weighted by atomic mass is 32.2. The highest BCUT2D eigenvalue weighted by Gasteiger charge is 2.11. The first-order valence-electron chi connectivity index (χ1n) is 5.36. The number of aryl methyl sites for hydroxylation is 1. The van der Waals surface area contributed by atoms with Crippen molar-refractivity contribution in [3.63, 3.8) is 0 Å². The lowest BCUT2D eigenvalue weighted by atomic mass is 10.2. The predicted octanol–water partition coefficient (Wildman–Crippen LogP) is 2.20. The summed E-state index contributed by atoms with van der Waals surface area (Å²) in [5.41, 5.74) is 1.85. The smallest absolute Gasteiger partial charge is 0.243 e. The molecule has 92 valence electrons. The maximum absolute atomic E-state index is 11.8. The molecular formula is C13H12N2O2S. The Morgan fingerprint density at radius 2 is 1.83 bits per heavy atom. The highest BCUT2D eigenvalue weighted by molar-refractivity contribution is 7.90. The fourth-order valence-corrected chi connectivity index (χ4v) is 2.15. The topological polar surface area (TPSA) is 59.4 Å². The third-order valence-electron chi connectivity index (χ3n) is 2.32. The van der Waals surface area contributed by atoms with Crippen molar-refractivity contribution in [1.29, 1.82) is 0 Å². The summed E-state index contributed by atoms with van der Waals surface area (Å²) in [5, 5.41) is -0.0478. The van der Waals surface area contributed by atoms with Gasteiger partial charge in [-0.3, -0.25) is 0 Å². The van der Waals surface area contributed by atoms with Crippen LogP contribution >= 0.6 is 0 Å². The first-order chi connectivity index (χ1) is 8.58. The molecule has 18 heavy (non-hydrogen) atoms. The Bertz CT molecular complexity index is 647. The quantitative estimate of drug-likeness (QED) is 0.795. The number of hydrogen-bond acceptors (Lipinski definition) is 3. The van der Waals surface area contributed by atoms with Gasteiger partial charge in [0.15, 0.2) is 5.03 Å². The zero-order valence-corrected chi connectivity index (χ0v) is 10.6. The van der Waals surface area contributed by atoms with Crippen molar-refractivity contribution in [2.75, 3.05) is 0 Å². The lowest BCUT2D eigenvalue weighted by Gasteiger charge is -1.97. The average molecular weight is 260 g/mol. The van der Waals surface area contributed by atoms with Crippen LogP contribution in [0, 0.1) is 6.92 Å². The summed E-state index contributed by atoms with van der Waals surface area (Å²) in [4.78, 5) is 3.78. The molecule has 0 N–H and O–H groups in total. The van der Waals surface area contributed by atoms with Crippen molar-refractivity contribution in [3.8, 4) is 0 Å². The summed E-state index contributed by atoms with van der Waals surface area (Å²) in [7, 11) is -3.71. The van der Waals surface area contributed by atoms with E-state index in [1.807, 2.05) is 31.2 Å². The van der Waals surface area contributed by atoms with Gasteiger partial charge >= 0.3 is 0 Å². The van der Waals surface area contributed by atoms with Crippen LogP contribution in [0.5, 0.6) is 0 Å². The average Bonchev–Trinajstić information content (AvgIpc) is 2.39. The summed E-state index contributed by atoms with van der Waals surface area (Å²) in [6.07, 6.45) is 2.75. The van der Waals surface area contributed by atoms with Gasteiger partial charge < -0.3 is 0 Å². The summed E-state index contributed by atoms with van der Waals surface area (Å²) < 4.78 is 27.2. The molecule has 0 amide bonds. The third-order valence-corrected chi connectivity index (χ3v) is 3.47. The summed E-state index contributed by atoms with van der Waals surface area (Å²) in [5.74, 6) is 0. The highest BCUT2D eigenvalue weighted by Crippen LogP contribution is 2.08. The Labute approximate surface area is 106 Å². The molecule has 0 aliphatic rings. The number of hydrogen-bond donors (Lipinski definition) is 0. The number of sulfonamides is 1. The van der Waals surface area contributed by atoms with Crippen LogP contribution in [0.3, 0.4) is 0 Å². The molecular weight excluding hydrogens is 248 g/mol. The maximum Gasteiger partial charge on any atom is 0.299 e. The van der Waals surface area contributed by atoms with E-state index in [1.165, 1.54) is 18.5 Å². The molecule has 2 aromatic rings. The van der Waals surface area contributed by atoms with Gasteiger partial charge in [-0.25, -0.2) is 4.98 Å². The standard InChI is InChI=1S/C13H12N2O2S/c1-11-5-7-12(8-6-11)10-15-18(16,17)13-4-2-3-9-14-13/h2-10H,1H3/b15-10+. The second-order valence-corrected chi connectivity index (χ2v) is 5.37. The van der Waals surface area contributed by atoms with Crippen molar-refractivity contribution in [2.45, 2.75) is 11.9 Å². The molecule has 1 heterocycles. The molecule has 0 fully saturated rings. The fraction of sp³-hybridized carbons (Fsp3) is 0.0769. The maximum atomic E-state index is 11.8. The van der Waals surface area contributed by atoms with Crippen molar-refractivity contribution in [3.05, 3.63) is 59.8 Å². The molecule has 0 saturated carbocycles. The van der Waals surface area contributed by atoms with Gasteiger partial charge in [0.2, 0.25) is 0 Å². The second-order valence-electron chi connectivity index (χ2n) is 3.79. The monoisotopic (exact) mass is 260 g/mol. The molecule has 1 aromatic heterocycles. The van der Waals surface area contributed by atoms with Crippen molar-refractivity contribution in [2.24, 2.45) is 4.40 Å². The van der Waals surface area contributed by atoms with Crippen molar-refractivity contribution >= 4 is 16.2 Å². The fourth-order valence-electron chi connectivity index (χ4n) is 1.34. The minimum atomic E-state index is -3.71. The first-order valence-corrected chi connectivity index (χ1v) is 6.80. The molecule has 0 bridgehead atoms. The van der Waals surface area contributed by atoms with Gasteiger partial charge in [0, 0.05) is 12.4 Å². The molecule has 0 atom stereocenters. The molecule has 5 heteroatoms. The van der Waals surface area contributed by atoms with Gasteiger partial charge in [0.05, 0.1) is 0 Å². The third kappa shape index (κ3) is 3.01. The zero-order chi connectivity index (χ0) is 13.0. The van der Waals surface area contributed by atoms with Crippen LogP contribution in [0.4, 0.5) is 0 Å². The van der Waals surface area contributed by atoms with Crippen LogP contribution in [-0.2, 0) is 10.0 Å². The van der Waals surface area contributed by atoms with E-state index in [0.29, 0.717) is 0 Å². The number of pyridine rings is 1. The molecule has 0 aliphatic carbocycles. The van der Waals surface area contributed by atoms with E-state index in [4.69, 9.17) is 0 Å². The minimum Gasteiger partial charge on any atom is -0.243 e. The van der Waals surface area contributed by atoms with Crippen molar-refractivity contribution in [1.82, 2.24) is 4.98 Å². The Morgan fingerprint density at radius 3 is 2.44 bits per heavy atom. The zero-order valence-electron chi connectivity index (χ0n) is 9.82. The lowest BCUT2D eigenvalue weighted by Crippen LogP contribution is -2.00. The largest absolute Gasteiger partial charge is 0.299 e. The number of nitrogens with zero attached hydrogens (tertiary/aromatic N) is 2. The Hall–Kier alpha value is -2.01. The second kappa shape index (κ2) is 5.10. The SMILES string of the molecule is Cc1ccc(/C=N/S(=O)(=O)c2ccccn2)cc1. The summed E-state index contributed by atoms with van der Waals surface area (Å²) in [6.45, 7) is 1.96. The summed E-state index contributed by atoms with van der Waals surface area (Å²) in [6, 6.07) is 12.1. The van der Waals surface area contributed by atoms with Crippen LogP contribution in [0.15, 0.2) is 58.1 Å². The molecule has 0 aliphatic heterocycles. The van der Waals surface area contributed by atoms with Gasteiger partial charge in [-0.2, -0.15) is 12.8 Å². The van der Waals surface area contributed by atoms with E-state index >= 15 is 0 Å². The van der Waals surface area contributed by atoms with E-state index < -0.39 is 10.0 Å². The summed E-state index contributed by atoms with van der Waals surface area (Å²) >= 11 is 0. The number of aromatic nitrogens is 1. The van der Waals surface area contributed by atoms with E-state index in [9.17, 15) is 8.42 Å². The van der Waals surface area contributed by atoms with E-state index in [-0.39, 0.29) is 5.03 Å². The molecule has 0 unspecified atom stereocenters. The van der Waals surface area contributed by atoms with Crippen LogP contribution in [-0.4, -0.2) is 19.6 Å². The molecule has 4 nitrogen and oxygen atoms in total. The van der Waals surface area contributed by atoms with Gasteiger partial charge in [-0.15, -0.1) is 0 Å². The van der Waals surface area contributed by atoms with E-state index in [1.54, 1.807) is 12.1 Å². The Balaban J connectivity index is 2.26.